The summed E-state index contributed by atoms with van der Waals surface area (Å²) >= 11 is 0. The molecule has 0 saturated carbocycles. The van der Waals surface area contributed by atoms with Gasteiger partial charge in [-0.05, 0) is 54.8 Å². The highest BCUT2D eigenvalue weighted by Crippen LogP contribution is 2.33. The van der Waals surface area contributed by atoms with Gasteiger partial charge in [-0.25, -0.2) is 4.39 Å². The Hall–Kier alpha value is -3.87. The number of hydrogen-bond donors (Lipinski definition) is 2. The Morgan fingerprint density at radius 3 is 2.57 bits per heavy atom. The number of halogens is 1. The lowest BCUT2D eigenvalue weighted by molar-refractivity contribution is 0.0996. The third-order valence-corrected chi connectivity index (χ3v) is 4.97. The molecular formula is C23H20FN3O3. The molecule has 6 nitrogen and oxygen atoms in total. The number of carbonyl (C=O) groups is 1. The number of amides is 1. The number of benzene rings is 2. The number of hydrogen-bond acceptors (Lipinski definition) is 3. The quantitative estimate of drug-likeness (QED) is 0.534. The lowest BCUT2D eigenvalue weighted by atomic mass is 10.0. The van der Waals surface area contributed by atoms with E-state index in [0.717, 1.165) is 16.7 Å². The van der Waals surface area contributed by atoms with Gasteiger partial charge in [-0.15, -0.1) is 0 Å². The normalized spacial score (nSPS) is 11.1. The van der Waals surface area contributed by atoms with Crippen LogP contribution in [0.3, 0.4) is 0 Å². The molecule has 2 aromatic carbocycles. The Morgan fingerprint density at radius 1 is 1.10 bits per heavy atom. The number of ether oxygens (including phenoxy) is 1. The van der Waals surface area contributed by atoms with Gasteiger partial charge < -0.3 is 20.0 Å². The number of carbonyl (C=O) groups excluding carboxylic acids is 1. The van der Waals surface area contributed by atoms with E-state index in [9.17, 15) is 14.0 Å². The molecule has 1 amide bonds. The molecular weight excluding hydrogens is 385 g/mol. The van der Waals surface area contributed by atoms with Crippen molar-refractivity contribution in [1.82, 2.24) is 9.55 Å². The molecule has 0 atom stereocenters. The minimum Gasteiger partial charge on any atom is -0.457 e. The van der Waals surface area contributed by atoms with E-state index >= 15 is 0 Å². The summed E-state index contributed by atoms with van der Waals surface area (Å²) < 4.78 is 21.2. The van der Waals surface area contributed by atoms with Gasteiger partial charge in [-0.2, -0.15) is 0 Å². The number of H-pyrrole nitrogens is 1. The number of fused-ring (bicyclic) bond motifs is 1. The molecule has 3 N–H and O–H groups in total. The summed E-state index contributed by atoms with van der Waals surface area (Å²) in [7, 11) is 1.64. The van der Waals surface area contributed by atoms with Crippen LogP contribution in [0.4, 0.5) is 4.39 Å². The number of primary amides is 1. The summed E-state index contributed by atoms with van der Waals surface area (Å²) in [5.74, 6) is -0.0702. The van der Waals surface area contributed by atoms with Gasteiger partial charge in [0.25, 0.3) is 11.5 Å². The molecule has 0 unspecified atom stereocenters. The molecule has 0 aliphatic carbocycles. The van der Waals surface area contributed by atoms with Crippen molar-refractivity contribution in [2.75, 3.05) is 0 Å². The lowest BCUT2D eigenvalue weighted by Gasteiger charge is -2.12. The monoisotopic (exact) mass is 405 g/mol. The maximum Gasteiger partial charge on any atom is 0.274 e. The molecule has 0 aliphatic heterocycles. The van der Waals surface area contributed by atoms with Crippen LogP contribution in [-0.4, -0.2) is 15.5 Å². The molecule has 7 heteroatoms. The Kier molecular flexibility index (Phi) is 4.66. The average Bonchev–Trinajstić information content (AvgIpc) is 3.13. The Labute approximate surface area is 171 Å². The van der Waals surface area contributed by atoms with Gasteiger partial charge >= 0.3 is 0 Å². The smallest absolute Gasteiger partial charge is 0.274 e. The number of pyridine rings is 1. The largest absolute Gasteiger partial charge is 0.457 e. The number of aryl methyl sites for hydroxylation is 3. The fourth-order valence-corrected chi connectivity index (χ4v) is 3.43. The maximum atomic E-state index is 13.9. The number of aromatic nitrogens is 2. The SMILES string of the molecule is Cc1cc(Oc2ccc(C)c(F)c2)cc(-c2cn(C)c(=O)c3[nH]c(C(N)=O)cc23)c1. The van der Waals surface area contributed by atoms with Crippen LogP contribution in [0.2, 0.25) is 0 Å². The second-order valence-electron chi connectivity index (χ2n) is 7.34. The van der Waals surface area contributed by atoms with Crippen molar-refractivity contribution in [3.63, 3.8) is 0 Å². The molecule has 2 heterocycles. The number of nitrogens with two attached hydrogens (primary N) is 1. The summed E-state index contributed by atoms with van der Waals surface area (Å²) in [6.07, 6.45) is 1.70. The van der Waals surface area contributed by atoms with Crippen LogP contribution in [0, 0.1) is 19.7 Å². The summed E-state index contributed by atoms with van der Waals surface area (Å²) in [4.78, 5) is 26.9. The van der Waals surface area contributed by atoms with E-state index in [4.69, 9.17) is 10.5 Å². The van der Waals surface area contributed by atoms with Crippen LogP contribution in [0.5, 0.6) is 11.5 Å². The Balaban J connectivity index is 1.85. The molecule has 4 aromatic rings. The van der Waals surface area contributed by atoms with E-state index in [1.165, 1.54) is 10.6 Å². The molecule has 0 bridgehead atoms. The molecule has 0 fully saturated rings. The summed E-state index contributed by atoms with van der Waals surface area (Å²) in [6, 6.07) is 11.9. The van der Waals surface area contributed by atoms with Crippen LogP contribution in [0.25, 0.3) is 22.0 Å². The Morgan fingerprint density at radius 2 is 1.87 bits per heavy atom. The molecule has 2 aromatic heterocycles. The van der Waals surface area contributed by atoms with Crippen molar-refractivity contribution in [1.29, 1.82) is 0 Å². The predicted octanol–water partition coefficient (Wildman–Crippen LogP) is 4.18. The van der Waals surface area contributed by atoms with E-state index in [-0.39, 0.29) is 17.1 Å². The summed E-state index contributed by atoms with van der Waals surface area (Å²) in [6.45, 7) is 3.60. The molecule has 0 spiro atoms. The zero-order valence-corrected chi connectivity index (χ0v) is 16.7. The average molecular weight is 405 g/mol. The van der Waals surface area contributed by atoms with Gasteiger partial charge in [-0.3, -0.25) is 9.59 Å². The fourth-order valence-electron chi connectivity index (χ4n) is 3.43. The first-order chi connectivity index (χ1) is 14.2. The first-order valence-electron chi connectivity index (χ1n) is 9.31. The molecule has 0 aliphatic rings. The van der Waals surface area contributed by atoms with Gasteiger partial charge in [0.05, 0.1) is 0 Å². The second kappa shape index (κ2) is 7.18. The fraction of sp³-hybridized carbons (Fsp3) is 0.130. The number of nitrogens with one attached hydrogen (secondary N) is 1. The van der Waals surface area contributed by atoms with Crippen LogP contribution in [0.1, 0.15) is 21.6 Å². The maximum absolute atomic E-state index is 13.9. The minimum atomic E-state index is -0.645. The van der Waals surface area contributed by atoms with Gasteiger partial charge in [0, 0.05) is 30.3 Å². The van der Waals surface area contributed by atoms with Crippen molar-refractivity contribution >= 4 is 16.8 Å². The van der Waals surface area contributed by atoms with Crippen LogP contribution in [-0.2, 0) is 7.05 Å². The molecule has 0 radical (unpaired) electrons. The van der Waals surface area contributed by atoms with Crippen molar-refractivity contribution in [3.8, 4) is 22.6 Å². The lowest BCUT2D eigenvalue weighted by Crippen LogP contribution is -2.17. The molecule has 0 saturated heterocycles. The molecule has 30 heavy (non-hydrogen) atoms. The number of aromatic amines is 1. The first-order valence-corrected chi connectivity index (χ1v) is 9.31. The standard InChI is InChI=1S/C23H20FN3O3/c1-12-6-14(8-16(7-12)30-15-5-4-13(2)19(24)9-15)18-11-27(3)23(29)21-17(18)10-20(26-21)22(25)28/h4-11,26H,1-3H3,(H2,25,28). The Bertz CT molecular complexity index is 1370. The van der Waals surface area contributed by atoms with E-state index in [0.29, 0.717) is 28.0 Å². The minimum absolute atomic E-state index is 0.161. The second-order valence-corrected chi connectivity index (χ2v) is 7.34. The van der Waals surface area contributed by atoms with Gasteiger partial charge in [-0.1, -0.05) is 12.1 Å². The van der Waals surface area contributed by atoms with Crippen LogP contribution in [0.15, 0.2) is 53.5 Å². The zero-order chi connectivity index (χ0) is 21.6. The van der Waals surface area contributed by atoms with Crippen LogP contribution < -0.4 is 16.0 Å². The van der Waals surface area contributed by atoms with E-state index in [2.05, 4.69) is 4.98 Å². The van der Waals surface area contributed by atoms with Gasteiger partial charge in [0.1, 0.15) is 28.5 Å². The third-order valence-electron chi connectivity index (χ3n) is 4.97. The number of nitrogens with zero attached hydrogens (tertiary/aromatic N) is 1. The molecule has 4 rings (SSSR count). The van der Waals surface area contributed by atoms with Crippen LogP contribution >= 0.6 is 0 Å². The van der Waals surface area contributed by atoms with Crippen molar-refractivity contribution in [2.24, 2.45) is 12.8 Å². The summed E-state index contributed by atoms with van der Waals surface area (Å²) in [5, 5.41) is 0.588. The van der Waals surface area contributed by atoms with Crippen molar-refractivity contribution in [2.45, 2.75) is 13.8 Å². The highest BCUT2D eigenvalue weighted by molar-refractivity contribution is 6.02. The topological polar surface area (TPSA) is 90.1 Å². The predicted molar refractivity (Wildman–Crippen MR) is 113 cm³/mol. The van der Waals surface area contributed by atoms with Crippen molar-refractivity contribution < 1.29 is 13.9 Å². The van der Waals surface area contributed by atoms with E-state index in [1.54, 1.807) is 44.4 Å². The highest BCUT2D eigenvalue weighted by Gasteiger charge is 2.16. The highest BCUT2D eigenvalue weighted by atomic mass is 19.1. The van der Waals surface area contributed by atoms with E-state index in [1.807, 2.05) is 19.1 Å². The number of rotatable bonds is 4. The molecule has 152 valence electrons. The zero-order valence-electron chi connectivity index (χ0n) is 16.7. The first kappa shape index (κ1) is 19.4. The summed E-state index contributed by atoms with van der Waals surface area (Å²) in [5.41, 5.74) is 8.56. The third kappa shape index (κ3) is 3.45. The van der Waals surface area contributed by atoms with Gasteiger partial charge in [0.15, 0.2) is 0 Å². The van der Waals surface area contributed by atoms with Gasteiger partial charge in [0.2, 0.25) is 0 Å². The van der Waals surface area contributed by atoms with Crippen molar-refractivity contribution in [3.05, 3.63) is 81.7 Å². The van der Waals surface area contributed by atoms with E-state index < -0.39 is 5.91 Å².